The Kier molecular flexibility index (Phi) is 23.7. The molecule has 3 aromatic carbocycles. The van der Waals surface area contributed by atoms with Gasteiger partial charge in [0.15, 0.2) is 26.1 Å². The summed E-state index contributed by atoms with van der Waals surface area (Å²) in [5, 5.41) is 20.2. The van der Waals surface area contributed by atoms with Gasteiger partial charge in [0.05, 0.1) is 16.9 Å². The molecule has 0 atom stereocenters. The van der Waals surface area contributed by atoms with Gasteiger partial charge in [0.1, 0.15) is 19.6 Å². The molecule has 0 amide bonds. The summed E-state index contributed by atoms with van der Waals surface area (Å²) in [5.74, 6) is -2.00. The predicted octanol–water partition coefficient (Wildman–Crippen LogP) is 16.5. The van der Waals surface area contributed by atoms with Crippen LogP contribution in [0.5, 0.6) is 5.75 Å². The van der Waals surface area contributed by atoms with Gasteiger partial charge in [-0.05, 0) is 227 Å². The zero-order valence-corrected chi connectivity index (χ0v) is 44.4. The average molecular weight is 1280 g/mol. The van der Waals surface area contributed by atoms with Crippen molar-refractivity contribution in [3.05, 3.63) is 101 Å². The minimum absolute atomic E-state index is 0.141. The molecule has 0 N–H and O–H groups in total. The van der Waals surface area contributed by atoms with Crippen LogP contribution in [0.4, 0.5) is 26.3 Å². The molecular formula is C30H17BCl18F6O5P2. The van der Waals surface area contributed by atoms with Crippen LogP contribution in [0.2, 0.25) is 0 Å². The van der Waals surface area contributed by atoms with Crippen molar-refractivity contribution in [2.24, 2.45) is 0 Å². The molecule has 0 aliphatic rings. The van der Waals surface area contributed by atoms with Crippen LogP contribution < -0.4 is 14.7 Å². The minimum Gasteiger partial charge on any atom is -0.860 e. The lowest BCUT2D eigenvalue weighted by atomic mass is 10.1. The normalized spacial score (nSPS) is 13.6. The zero-order chi connectivity index (χ0) is 48.9. The zero-order valence-electron chi connectivity index (χ0n) is 29.0. The van der Waals surface area contributed by atoms with E-state index in [1.165, 1.54) is 0 Å². The van der Waals surface area contributed by atoms with Crippen molar-refractivity contribution in [3.8, 4) is 5.75 Å². The van der Waals surface area contributed by atoms with Gasteiger partial charge in [-0.2, -0.15) is 26.3 Å². The molecule has 62 heavy (non-hydrogen) atoms. The van der Waals surface area contributed by atoms with Gasteiger partial charge in [-0.25, -0.2) is 0 Å². The monoisotopic (exact) mass is 1270 g/mol. The third-order valence-electron chi connectivity index (χ3n) is 7.34. The van der Waals surface area contributed by atoms with E-state index in [4.69, 9.17) is 209 Å². The second-order valence-electron chi connectivity index (χ2n) is 11.5. The van der Waals surface area contributed by atoms with Crippen LogP contribution >= 0.6 is 223 Å². The maximum absolute atomic E-state index is 12.5. The van der Waals surface area contributed by atoms with E-state index in [1.807, 2.05) is 0 Å². The van der Waals surface area contributed by atoms with E-state index in [0.29, 0.717) is 11.1 Å². The number of Topliss-reactive ketones (excluding diaryl/α,β-unsaturated/α-hetero) is 2. The molecule has 0 aliphatic heterocycles. The Hall–Kier alpha value is 2.44. The molecule has 3 aromatic rings. The highest BCUT2D eigenvalue weighted by molar-refractivity contribution is 7.94. The van der Waals surface area contributed by atoms with Crippen LogP contribution in [0.15, 0.2) is 78.9 Å². The number of rotatable bonds is 8. The smallest absolute Gasteiger partial charge is 0.416 e. The molecule has 0 heterocycles. The highest BCUT2D eigenvalue weighted by Crippen LogP contribution is 2.94. The van der Waals surface area contributed by atoms with E-state index < -0.39 is 96.2 Å². The fraction of sp³-hybridized carbons (Fsp3) is 0.333. The van der Waals surface area contributed by atoms with Crippen molar-refractivity contribution < 1.29 is 50.6 Å². The van der Waals surface area contributed by atoms with Crippen LogP contribution in [0.1, 0.15) is 31.8 Å². The van der Waals surface area contributed by atoms with Gasteiger partial charge in [0, 0.05) is 11.1 Å². The van der Waals surface area contributed by atoms with Crippen LogP contribution in [0.25, 0.3) is 0 Å². The molecule has 0 spiro atoms. The summed E-state index contributed by atoms with van der Waals surface area (Å²) < 4.78 is 64.1. The lowest BCUT2D eigenvalue weighted by molar-refractivity contribution is -0.372. The van der Waals surface area contributed by atoms with Crippen molar-refractivity contribution >= 4 is 242 Å². The van der Waals surface area contributed by atoms with Crippen LogP contribution in [-0.2, 0) is 12.4 Å². The largest absolute Gasteiger partial charge is 0.860 e. The van der Waals surface area contributed by atoms with Crippen LogP contribution in [0.3, 0.4) is 0 Å². The highest BCUT2D eigenvalue weighted by Gasteiger charge is 2.80. The highest BCUT2D eigenvalue weighted by atomic mass is 35.6. The van der Waals surface area contributed by atoms with Gasteiger partial charge in [-0.15, -0.1) is 0 Å². The summed E-state index contributed by atoms with van der Waals surface area (Å²) in [7, 11) is -10.5. The van der Waals surface area contributed by atoms with E-state index in [9.17, 15) is 46.0 Å². The minimum atomic E-state index is -5.05. The molecule has 3 rings (SSSR count). The topological polar surface area (TPSA) is 89.5 Å². The predicted molar refractivity (Wildman–Crippen MR) is 250 cm³/mol. The number of hydrogen-bond donors (Lipinski definition) is 0. The molecular weight excluding hydrogens is 1270 g/mol. The number of benzene rings is 3. The maximum Gasteiger partial charge on any atom is 0.416 e. The lowest BCUT2D eigenvalue weighted by Gasteiger charge is -2.40. The number of halogens is 24. The molecule has 32 heteroatoms. The Morgan fingerprint density at radius 3 is 0.903 bits per heavy atom. The number of carbonyl (C=O) groups excluding carboxylic acids is 2. The summed E-state index contributed by atoms with van der Waals surface area (Å²) >= 11 is 108. The van der Waals surface area contributed by atoms with Gasteiger partial charge in [-0.1, -0.05) is 60.7 Å². The second-order valence-corrected chi connectivity index (χ2v) is 37.8. The van der Waals surface area contributed by atoms with Gasteiger partial charge in [0.2, 0.25) is 0 Å². The van der Waals surface area contributed by atoms with E-state index in [-0.39, 0.29) is 18.2 Å². The Labute approximate surface area is 441 Å². The fourth-order valence-electron chi connectivity index (χ4n) is 4.37. The van der Waals surface area contributed by atoms with E-state index >= 15 is 0 Å². The Bertz CT molecular complexity index is 1750. The first kappa shape index (κ1) is 62.5. The molecule has 348 valence electrons. The number of alkyl halides is 24. The molecule has 0 saturated carbocycles. The summed E-state index contributed by atoms with van der Waals surface area (Å²) in [5.41, 5.74) is -2.67. The van der Waals surface area contributed by atoms with E-state index in [0.717, 1.165) is 0 Å². The first-order chi connectivity index (χ1) is 27.5. The van der Waals surface area contributed by atoms with Crippen molar-refractivity contribution in [2.45, 2.75) is 33.6 Å². The third-order valence-corrected chi connectivity index (χ3v) is 29.6. The maximum atomic E-state index is 12.5. The Morgan fingerprint density at radius 1 is 0.468 bits per heavy atom. The van der Waals surface area contributed by atoms with Crippen molar-refractivity contribution in [2.75, 3.05) is 12.3 Å². The van der Waals surface area contributed by atoms with Crippen molar-refractivity contribution in [3.63, 3.8) is 0 Å². The van der Waals surface area contributed by atoms with Crippen molar-refractivity contribution in [1.82, 2.24) is 0 Å². The molecule has 0 aromatic heterocycles. The Balaban J connectivity index is 0.000000468. The van der Waals surface area contributed by atoms with Crippen molar-refractivity contribution in [1.29, 1.82) is 0 Å². The van der Waals surface area contributed by atoms with E-state index in [2.05, 4.69) is 4.65 Å². The molecule has 0 fully saturated rings. The molecule has 0 unspecified atom stereocenters. The average Bonchev–Trinajstić information content (AvgIpc) is 3.06. The molecule has 0 saturated heterocycles. The first-order valence-electron chi connectivity index (χ1n) is 15.1. The van der Waals surface area contributed by atoms with Crippen LogP contribution in [0, 0.1) is 0 Å². The molecule has 5 nitrogen and oxygen atoms in total. The number of ketones is 2. The summed E-state index contributed by atoms with van der Waals surface area (Å²) in [6.07, 6.45) is -11.1. The van der Waals surface area contributed by atoms with Gasteiger partial charge in [-0.3, -0.25) is 9.59 Å². The summed E-state index contributed by atoms with van der Waals surface area (Å²) in [4.78, 5) is 25.0. The second kappa shape index (κ2) is 23.6. The van der Waals surface area contributed by atoms with Gasteiger partial charge >= 0.3 is 33.6 Å². The van der Waals surface area contributed by atoms with E-state index in [1.54, 1.807) is 60.7 Å². The van der Waals surface area contributed by atoms with Gasteiger partial charge in [0.25, 0.3) is 0 Å². The standard InChI is InChI=1S/2C11H7Cl9OP.C8H3BF6O3/c2*12-9(13,14)22(10(15,16)17,11(18,19)20)6-8(21)7-4-2-1-3-5-7;10-7(11,12)4-1-5(8(13,14)15)3-6(2-4)18-9(16)17/h2*1-5H,6H2;1-3H/q2*+1;-2. The fourth-order valence-corrected chi connectivity index (χ4v) is 32.3. The van der Waals surface area contributed by atoms with Gasteiger partial charge < -0.3 is 14.7 Å². The van der Waals surface area contributed by atoms with Crippen LogP contribution in [-0.4, -0.2) is 52.4 Å². The number of carbonyl (C=O) groups is 2. The SMILES string of the molecule is O=C(C[P+](C(Cl)(Cl)Cl)(C(Cl)(Cl)Cl)C(Cl)(Cl)Cl)c1ccccc1.O=C(C[P+](C(Cl)(Cl)Cl)(C(Cl)(Cl)Cl)C(Cl)(Cl)Cl)c1ccccc1.[O-]B([O-])Oc1cc(C(F)(F)F)cc(C(F)(F)F)c1. The quantitative estimate of drug-likeness (QED) is 0.0737. The summed E-state index contributed by atoms with van der Waals surface area (Å²) in [6.45, 7) is 0. The number of hydrogen-bond acceptors (Lipinski definition) is 5. The summed E-state index contributed by atoms with van der Waals surface area (Å²) in [6, 6.07) is 16.5. The molecule has 0 bridgehead atoms. The third kappa shape index (κ3) is 16.8. The Morgan fingerprint density at radius 2 is 0.710 bits per heavy atom. The lowest BCUT2D eigenvalue weighted by Crippen LogP contribution is -2.50. The molecule has 0 aliphatic carbocycles. The molecule has 0 radical (unpaired) electrons. The first-order valence-corrected chi connectivity index (χ1v) is 25.8.